The van der Waals surface area contributed by atoms with Gasteiger partial charge in [0.05, 0.1) is 17.1 Å². The molecule has 132 valence electrons. The van der Waals surface area contributed by atoms with E-state index in [9.17, 15) is 13.6 Å². The number of aromatic nitrogens is 2. The Labute approximate surface area is 153 Å². The summed E-state index contributed by atoms with van der Waals surface area (Å²) in [5.41, 5.74) is 2.81. The molecule has 0 aliphatic carbocycles. The van der Waals surface area contributed by atoms with Gasteiger partial charge in [0, 0.05) is 11.6 Å². The normalized spacial score (nSPS) is 10.6. The maximum atomic E-state index is 13.5. The summed E-state index contributed by atoms with van der Waals surface area (Å²) in [4.78, 5) is 11.9. The number of benzene rings is 2. The maximum absolute atomic E-state index is 13.5. The Morgan fingerprint density at radius 2 is 1.81 bits per heavy atom. The van der Waals surface area contributed by atoms with Gasteiger partial charge in [-0.2, -0.15) is 0 Å². The van der Waals surface area contributed by atoms with Crippen molar-refractivity contribution in [2.75, 3.05) is 11.1 Å². The zero-order chi connectivity index (χ0) is 18.5. The Morgan fingerprint density at radius 3 is 2.46 bits per heavy atom. The first-order valence-corrected chi connectivity index (χ1v) is 8.78. The van der Waals surface area contributed by atoms with Crippen molar-refractivity contribution in [2.24, 2.45) is 0 Å². The Balaban J connectivity index is 1.57. The summed E-state index contributed by atoms with van der Waals surface area (Å²) in [5.74, 6) is -1.88. The molecule has 0 saturated heterocycles. The zero-order valence-electron chi connectivity index (χ0n) is 13.9. The topological polar surface area (TPSA) is 54.9 Å². The van der Waals surface area contributed by atoms with Crippen molar-refractivity contribution in [1.82, 2.24) is 10.2 Å². The lowest BCUT2D eigenvalue weighted by atomic mass is 10.1. The van der Waals surface area contributed by atoms with Crippen LogP contribution in [0.3, 0.4) is 0 Å². The molecule has 1 N–H and O–H groups in total. The Kier molecular flexibility index (Phi) is 5.58. The molecule has 2 aromatic carbocycles. The number of rotatable bonds is 5. The molecule has 0 saturated carbocycles. The van der Waals surface area contributed by atoms with E-state index in [1.165, 1.54) is 17.8 Å². The van der Waals surface area contributed by atoms with Crippen LogP contribution in [0, 0.1) is 18.6 Å². The van der Waals surface area contributed by atoms with Gasteiger partial charge in [0.2, 0.25) is 5.91 Å². The summed E-state index contributed by atoms with van der Waals surface area (Å²) >= 11 is 1.18. The quantitative estimate of drug-likeness (QED) is 0.673. The van der Waals surface area contributed by atoms with Crippen LogP contribution in [0.1, 0.15) is 5.56 Å². The molecular formula is C19H15F2N3OS. The molecule has 1 aromatic heterocycles. The van der Waals surface area contributed by atoms with E-state index < -0.39 is 17.5 Å². The monoisotopic (exact) mass is 371 g/mol. The molecule has 0 atom stereocenters. The second kappa shape index (κ2) is 8.05. The van der Waals surface area contributed by atoms with Gasteiger partial charge in [0.25, 0.3) is 0 Å². The molecule has 0 aliphatic heterocycles. The van der Waals surface area contributed by atoms with E-state index in [0.717, 1.165) is 29.0 Å². The first kappa shape index (κ1) is 18.0. The Bertz CT molecular complexity index is 915. The lowest BCUT2D eigenvalue weighted by Crippen LogP contribution is -2.15. The fourth-order valence-electron chi connectivity index (χ4n) is 2.19. The first-order chi connectivity index (χ1) is 12.5. The minimum absolute atomic E-state index is 0.0371. The maximum Gasteiger partial charge on any atom is 0.234 e. The predicted octanol–water partition coefficient (Wildman–Crippen LogP) is 4.46. The number of nitrogens with one attached hydrogen (secondary N) is 1. The molecular weight excluding hydrogens is 356 g/mol. The van der Waals surface area contributed by atoms with Gasteiger partial charge in [-0.25, -0.2) is 8.78 Å². The van der Waals surface area contributed by atoms with E-state index in [0.29, 0.717) is 5.03 Å². The van der Waals surface area contributed by atoms with Gasteiger partial charge in [0.1, 0.15) is 16.7 Å². The number of hydrogen-bond acceptors (Lipinski definition) is 4. The van der Waals surface area contributed by atoms with Crippen LogP contribution in [0.25, 0.3) is 11.3 Å². The molecule has 7 heteroatoms. The van der Waals surface area contributed by atoms with Crippen LogP contribution in [0.15, 0.2) is 59.6 Å². The van der Waals surface area contributed by atoms with Crippen molar-refractivity contribution in [3.05, 3.63) is 71.8 Å². The van der Waals surface area contributed by atoms with Crippen molar-refractivity contribution < 1.29 is 13.6 Å². The number of hydrogen-bond donors (Lipinski definition) is 1. The third kappa shape index (κ3) is 4.64. The van der Waals surface area contributed by atoms with E-state index in [1.54, 1.807) is 6.07 Å². The largest absolute Gasteiger partial charge is 0.323 e. The molecule has 3 rings (SSSR count). The van der Waals surface area contributed by atoms with Crippen LogP contribution < -0.4 is 5.32 Å². The number of nitrogens with zero attached hydrogens (tertiary/aromatic N) is 2. The van der Waals surface area contributed by atoms with Gasteiger partial charge < -0.3 is 5.32 Å². The predicted molar refractivity (Wildman–Crippen MR) is 97.9 cm³/mol. The van der Waals surface area contributed by atoms with Crippen molar-refractivity contribution in [3.63, 3.8) is 0 Å². The molecule has 0 aliphatic rings. The third-order valence-corrected chi connectivity index (χ3v) is 4.46. The highest BCUT2D eigenvalue weighted by Crippen LogP contribution is 2.21. The molecule has 0 fully saturated rings. The number of thioether (sulfide) groups is 1. The van der Waals surface area contributed by atoms with Crippen molar-refractivity contribution in [1.29, 1.82) is 0 Å². The minimum atomic E-state index is -0.814. The first-order valence-electron chi connectivity index (χ1n) is 7.80. The highest BCUT2D eigenvalue weighted by atomic mass is 32.2. The van der Waals surface area contributed by atoms with Crippen LogP contribution >= 0.6 is 11.8 Å². The number of amides is 1. The standard InChI is InChI=1S/C19H15F2N3OS/c1-12-2-4-13(5-3-12)16-8-9-19(24-23-16)26-11-18(25)22-17-7-6-14(20)10-15(17)21/h2-10H,11H2,1H3,(H,22,25). The summed E-state index contributed by atoms with van der Waals surface area (Å²) in [5, 5.41) is 11.2. The SMILES string of the molecule is Cc1ccc(-c2ccc(SCC(=O)Nc3ccc(F)cc3F)nn2)cc1. The lowest BCUT2D eigenvalue weighted by Gasteiger charge is -2.06. The smallest absolute Gasteiger partial charge is 0.234 e. The van der Waals surface area contributed by atoms with E-state index in [-0.39, 0.29) is 11.4 Å². The van der Waals surface area contributed by atoms with Crippen LogP contribution in [0.4, 0.5) is 14.5 Å². The summed E-state index contributed by atoms with van der Waals surface area (Å²) < 4.78 is 26.4. The van der Waals surface area contributed by atoms with Crippen molar-refractivity contribution >= 4 is 23.4 Å². The number of aryl methyl sites for hydroxylation is 1. The molecule has 26 heavy (non-hydrogen) atoms. The van der Waals surface area contributed by atoms with Crippen LogP contribution in [-0.4, -0.2) is 21.9 Å². The zero-order valence-corrected chi connectivity index (χ0v) is 14.7. The van der Waals surface area contributed by atoms with Gasteiger partial charge in [-0.15, -0.1) is 10.2 Å². The summed E-state index contributed by atoms with van der Waals surface area (Å²) in [6.07, 6.45) is 0. The minimum Gasteiger partial charge on any atom is -0.323 e. The van der Waals surface area contributed by atoms with Crippen molar-refractivity contribution in [2.45, 2.75) is 11.9 Å². The number of carbonyl (C=O) groups is 1. The van der Waals surface area contributed by atoms with Crippen LogP contribution in [0.2, 0.25) is 0 Å². The average molecular weight is 371 g/mol. The average Bonchev–Trinajstić information content (AvgIpc) is 2.63. The molecule has 1 heterocycles. The number of halogens is 2. The molecule has 1 amide bonds. The highest BCUT2D eigenvalue weighted by Gasteiger charge is 2.09. The Hall–Kier alpha value is -2.80. The van der Waals surface area contributed by atoms with E-state index >= 15 is 0 Å². The summed E-state index contributed by atoms with van der Waals surface area (Å²) in [6, 6.07) is 14.5. The van der Waals surface area contributed by atoms with Gasteiger partial charge in [0.15, 0.2) is 0 Å². The summed E-state index contributed by atoms with van der Waals surface area (Å²) in [6.45, 7) is 2.01. The molecule has 3 aromatic rings. The molecule has 0 radical (unpaired) electrons. The van der Waals surface area contributed by atoms with Crippen LogP contribution in [0.5, 0.6) is 0 Å². The fraction of sp³-hybridized carbons (Fsp3) is 0.105. The molecule has 0 spiro atoms. The number of anilines is 1. The van der Waals surface area contributed by atoms with Crippen LogP contribution in [-0.2, 0) is 4.79 Å². The van der Waals surface area contributed by atoms with E-state index in [4.69, 9.17) is 0 Å². The van der Waals surface area contributed by atoms with E-state index in [1.807, 2.05) is 37.3 Å². The highest BCUT2D eigenvalue weighted by molar-refractivity contribution is 7.99. The fourth-order valence-corrected chi connectivity index (χ4v) is 2.81. The Morgan fingerprint density at radius 1 is 1.04 bits per heavy atom. The van der Waals surface area contributed by atoms with E-state index in [2.05, 4.69) is 15.5 Å². The van der Waals surface area contributed by atoms with Gasteiger partial charge in [-0.1, -0.05) is 41.6 Å². The van der Waals surface area contributed by atoms with Gasteiger partial charge in [-0.05, 0) is 31.2 Å². The lowest BCUT2D eigenvalue weighted by molar-refractivity contribution is -0.113. The third-order valence-electron chi connectivity index (χ3n) is 3.54. The second-order valence-electron chi connectivity index (χ2n) is 5.58. The molecule has 0 bridgehead atoms. The van der Waals surface area contributed by atoms with Crippen molar-refractivity contribution in [3.8, 4) is 11.3 Å². The van der Waals surface area contributed by atoms with Gasteiger partial charge in [-0.3, -0.25) is 4.79 Å². The molecule has 4 nitrogen and oxygen atoms in total. The second-order valence-corrected chi connectivity index (χ2v) is 6.58. The summed E-state index contributed by atoms with van der Waals surface area (Å²) in [7, 11) is 0. The number of carbonyl (C=O) groups excluding carboxylic acids is 1. The van der Waals surface area contributed by atoms with Gasteiger partial charge >= 0.3 is 0 Å². The molecule has 0 unspecified atom stereocenters.